The van der Waals surface area contributed by atoms with Gasteiger partial charge in [0.15, 0.2) is 0 Å². The molecule has 0 aliphatic rings. The van der Waals surface area contributed by atoms with Crippen molar-refractivity contribution in [2.75, 3.05) is 0 Å². The van der Waals surface area contributed by atoms with Crippen LogP contribution in [-0.4, -0.2) is 27.3 Å². The van der Waals surface area contributed by atoms with Crippen LogP contribution in [0, 0.1) is 0 Å². The molecule has 4 N–H and O–H groups in total. The molecule has 0 aromatic rings. The molecule has 10 heavy (non-hydrogen) atoms. The molecule has 0 bridgehead atoms. The molecule has 10 heteroatoms. The Morgan fingerprint density at radius 1 is 1.20 bits per heavy atom. The fourth-order valence-corrected chi connectivity index (χ4v) is 0. The molecule has 0 fully saturated rings. The van der Waals surface area contributed by atoms with E-state index in [0.29, 0.717) is 0 Å². The Balaban J connectivity index is -0.0000000910. The first-order valence-corrected chi connectivity index (χ1v) is 3.02. The molecule has 0 amide bonds. The third-order valence-corrected chi connectivity index (χ3v) is 0. The molecule has 0 spiro atoms. The van der Waals surface area contributed by atoms with Crippen LogP contribution in [0.2, 0.25) is 0 Å². The number of hydrogen-bond acceptors (Lipinski definition) is 6. The van der Waals surface area contributed by atoms with E-state index in [1.807, 2.05) is 0 Å². The largest absolute Gasteiger partial charge is 2.00 e. The minimum atomic E-state index is -5.14. The Bertz CT molecular complexity index is 84.8. The van der Waals surface area contributed by atoms with Crippen molar-refractivity contribution in [2.24, 2.45) is 0 Å². The maximum atomic E-state index is 8.66. The van der Waals surface area contributed by atoms with E-state index in [9.17, 15) is 0 Å². The first-order valence-electron chi connectivity index (χ1n) is 1.52. The van der Waals surface area contributed by atoms with Crippen molar-refractivity contribution in [2.45, 2.75) is 0 Å². The Hall–Kier alpha value is 0.561. The summed E-state index contributed by atoms with van der Waals surface area (Å²) < 4.78 is 8.66. The van der Waals surface area contributed by atoms with Gasteiger partial charge in [0.2, 0.25) is 0 Å². The van der Waals surface area contributed by atoms with Crippen molar-refractivity contribution in [3.05, 3.63) is 0 Å². The minimum Gasteiger partial charge on any atom is -0.790 e. The Morgan fingerprint density at radius 2 is 1.20 bits per heavy atom. The van der Waals surface area contributed by atoms with E-state index >= 15 is 0 Å². The summed E-state index contributed by atoms with van der Waals surface area (Å²) in [6, 6.07) is 0. The van der Waals surface area contributed by atoms with Crippen LogP contribution < -0.4 is 9.79 Å². The van der Waals surface area contributed by atoms with Crippen LogP contribution in [0.1, 0.15) is 0 Å². The SMILES string of the molecule is O=P([O-])([O-])O.OB(O)O.[Co+2]. The third kappa shape index (κ3) is 1550. The second kappa shape index (κ2) is 7.67. The molecule has 0 atom stereocenters. The Morgan fingerprint density at radius 3 is 1.20 bits per heavy atom. The standard InChI is InChI=1S/BH3O3.Co.H3O4P/c2-1(3)4;;1-5(2,3)4/h2-4H;;(H3,1,2,3,4)/q;+2;/p-2. The van der Waals surface area contributed by atoms with Crippen LogP contribution >= 0.6 is 7.82 Å². The van der Waals surface area contributed by atoms with Crippen LogP contribution in [0.3, 0.4) is 0 Å². The molecule has 0 aromatic heterocycles. The fourth-order valence-electron chi connectivity index (χ4n) is 0. The summed E-state index contributed by atoms with van der Waals surface area (Å²) in [7, 11) is -7.31. The Labute approximate surface area is 66.9 Å². The zero-order valence-electron chi connectivity index (χ0n) is 4.37. The summed E-state index contributed by atoms with van der Waals surface area (Å²) in [5, 5.41) is 21.5. The molecule has 1 radical (unpaired) electrons. The van der Waals surface area contributed by atoms with E-state index in [2.05, 4.69) is 0 Å². The minimum absolute atomic E-state index is 0. The van der Waals surface area contributed by atoms with Gasteiger partial charge in [0, 0.05) is 0 Å². The molecule has 7 nitrogen and oxygen atoms in total. The van der Waals surface area contributed by atoms with Gasteiger partial charge in [0.1, 0.15) is 0 Å². The summed E-state index contributed by atoms with van der Waals surface area (Å²) in [5.41, 5.74) is 0. The summed E-state index contributed by atoms with van der Waals surface area (Å²) >= 11 is 0. The predicted molar refractivity (Wildman–Crippen MR) is 22.2 cm³/mol. The Kier molecular flexibility index (Phi) is 12.9. The van der Waals surface area contributed by atoms with Gasteiger partial charge in [-0.2, -0.15) is 0 Å². The van der Waals surface area contributed by atoms with Gasteiger partial charge in [0.05, 0.1) is 7.82 Å². The van der Waals surface area contributed by atoms with Crippen molar-refractivity contribution in [1.29, 1.82) is 0 Å². The molecule has 0 unspecified atom stereocenters. The van der Waals surface area contributed by atoms with Crippen LogP contribution in [0.15, 0.2) is 0 Å². The van der Waals surface area contributed by atoms with Crippen molar-refractivity contribution in [3.63, 3.8) is 0 Å². The van der Waals surface area contributed by atoms with Crippen LogP contribution in [0.5, 0.6) is 0 Å². The summed E-state index contributed by atoms with van der Waals surface area (Å²) in [4.78, 5) is 24.3. The smallest absolute Gasteiger partial charge is 0.790 e. The molecule has 0 saturated carbocycles. The summed E-state index contributed by atoms with van der Waals surface area (Å²) in [6.45, 7) is 0. The van der Waals surface area contributed by atoms with E-state index in [1.165, 1.54) is 0 Å². The third-order valence-electron chi connectivity index (χ3n) is 0. The maximum absolute atomic E-state index is 8.66. The van der Waals surface area contributed by atoms with Gasteiger partial charge in [-0.15, -0.1) is 0 Å². The zero-order valence-corrected chi connectivity index (χ0v) is 6.31. The van der Waals surface area contributed by atoms with E-state index in [4.69, 9.17) is 34.3 Å². The summed E-state index contributed by atoms with van der Waals surface area (Å²) in [6.07, 6.45) is 0. The molecule has 0 saturated heterocycles. The number of phosphoric acid groups is 1. The maximum Gasteiger partial charge on any atom is 2.00 e. The molecule has 63 valence electrons. The molecule has 0 heterocycles. The van der Waals surface area contributed by atoms with Crippen molar-refractivity contribution >= 4 is 15.1 Å². The fraction of sp³-hybridized carbons (Fsp3) is 0. The van der Waals surface area contributed by atoms with Gasteiger partial charge in [0.25, 0.3) is 0 Å². The van der Waals surface area contributed by atoms with Gasteiger partial charge in [-0.3, -0.25) is 0 Å². The second-order valence-corrected chi connectivity index (χ2v) is 1.75. The van der Waals surface area contributed by atoms with Crippen molar-refractivity contribution in [1.82, 2.24) is 0 Å². The summed E-state index contributed by atoms with van der Waals surface area (Å²) in [5.74, 6) is 0. The molecule has 0 aliphatic heterocycles. The zero-order chi connectivity index (χ0) is 8.08. The van der Waals surface area contributed by atoms with Gasteiger partial charge in [-0.25, -0.2) is 0 Å². The van der Waals surface area contributed by atoms with Gasteiger partial charge < -0.3 is 34.3 Å². The van der Waals surface area contributed by atoms with E-state index in [1.54, 1.807) is 0 Å². The number of hydrogen-bond donors (Lipinski definition) is 4. The van der Waals surface area contributed by atoms with Crippen molar-refractivity contribution in [3.8, 4) is 0 Å². The predicted octanol–water partition coefficient (Wildman–Crippen LogP) is -4.25. The van der Waals surface area contributed by atoms with Gasteiger partial charge >= 0.3 is 24.1 Å². The van der Waals surface area contributed by atoms with Gasteiger partial charge in [-0.05, 0) is 0 Å². The van der Waals surface area contributed by atoms with Gasteiger partial charge in [-0.1, -0.05) is 0 Å². The monoisotopic (exact) mass is 217 g/mol. The van der Waals surface area contributed by atoms with Crippen molar-refractivity contribution < 1.29 is 51.1 Å². The normalized spacial score (nSPS) is 8.60. The molecular formula is H4BCoO7P. The average Bonchev–Trinajstić information content (AvgIpc) is 1.19. The molecule has 0 aromatic carbocycles. The van der Waals surface area contributed by atoms with E-state index in [0.717, 1.165) is 0 Å². The van der Waals surface area contributed by atoms with Crippen LogP contribution in [0.25, 0.3) is 0 Å². The average molecular weight is 217 g/mol. The van der Waals surface area contributed by atoms with Crippen LogP contribution in [-0.2, 0) is 21.3 Å². The quantitative estimate of drug-likeness (QED) is 0.237. The van der Waals surface area contributed by atoms with E-state index < -0.39 is 15.1 Å². The molecule has 0 aliphatic carbocycles. The number of rotatable bonds is 0. The van der Waals surface area contributed by atoms with Crippen LogP contribution in [0.4, 0.5) is 0 Å². The van der Waals surface area contributed by atoms with E-state index in [-0.39, 0.29) is 16.8 Å². The first-order chi connectivity index (χ1) is 3.73. The molecule has 0 rings (SSSR count). The second-order valence-electron chi connectivity index (χ2n) is 0.815. The topological polar surface area (TPSA) is 144 Å². The molecular weight excluding hydrogens is 213 g/mol. The first kappa shape index (κ1) is 16.9.